The van der Waals surface area contributed by atoms with E-state index in [2.05, 4.69) is 27.6 Å². The number of ether oxygens (including phenoxy) is 2. The molecule has 1 aliphatic rings. The average Bonchev–Trinajstić information content (AvgIpc) is 2.40. The number of alkyl halides is 1. The van der Waals surface area contributed by atoms with E-state index in [0.717, 1.165) is 0 Å². The molecular formula is C12H17IN2O4. The summed E-state index contributed by atoms with van der Waals surface area (Å²) in [7, 11) is 0. The first-order valence-electron chi connectivity index (χ1n) is 6.27. The molecule has 1 fully saturated rings. The van der Waals surface area contributed by atoms with E-state index in [1.807, 2.05) is 6.92 Å². The number of rotatable bonds is 4. The summed E-state index contributed by atoms with van der Waals surface area (Å²) in [6.07, 6.45) is 1.80. The Bertz CT molecular complexity index is 479. The number of aromatic nitrogens is 2. The zero-order valence-corrected chi connectivity index (χ0v) is 12.8. The van der Waals surface area contributed by atoms with E-state index in [4.69, 9.17) is 9.47 Å². The summed E-state index contributed by atoms with van der Waals surface area (Å²) in [4.78, 5) is 15.8. The minimum atomic E-state index is -0.459. The number of aliphatic hydroxyl groups excluding tert-OH is 1. The fourth-order valence-corrected chi connectivity index (χ4v) is 2.84. The van der Waals surface area contributed by atoms with E-state index < -0.39 is 6.10 Å². The average molecular weight is 380 g/mol. The Hall–Kier alpha value is -0.670. The number of hydrogen-bond donors (Lipinski definition) is 1. The molecule has 1 N–H and O–H groups in total. The second kappa shape index (κ2) is 6.67. The Labute approximate surface area is 124 Å². The van der Waals surface area contributed by atoms with Gasteiger partial charge in [-0.3, -0.25) is 4.57 Å². The Balaban J connectivity index is 2.16. The van der Waals surface area contributed by atoms with Crippen molar-refractivity contribution in [3.63, 3.8) is 0 Å². The van der Waals surface area contributed by atoms with Gasteiger partial charge < -0.3 is 14.6 Å². The summed E-state index contributed by atoms with van der Waals surface area (Å²) in [5.74, 6) is 0.324. The molecule has 0 spiro atoms. The van der Waals surface area contributed by atoms with E-state index in [1.54, 1.807) is 12.3 Å². The van der Waals surface area contributed by atoms with Gasteiger partial charge in [0.2, 0.25) is 5.88 Å². The van der Waals surface area contributed by atoms with Gasteiger partial charge in [-0.05, 0) is 19.8 Å². The highest BCUT2D eigenvalue weighted by atomic mass is 127. The number of hydrogen-bond acceptors (Lipinski definition) is 5. The van der Waals surface area contributed by atoms with Crippen LogP contribution in [0.15, 0.2) is 17.1 Å². The minimum Gasteiger partial charge on any atom is -0.478 e. The van der Waals surface area contributed by atoms with Gasteiger partial charge in [0.1, 0.15) is 6.23 Å². The molecule has 1 aliphatic heterocycles. The van der Waals surface area contributed by atoms with Crippen LogP contribution in [0.4, 0.5) is 0 Å². The lowest BCUT2D eigenvalue weighted by Gasteiger charge is -2.33. The molecule has 0 aliphatic carbocycles. The maximum absolute atomic E-state index is 11.9. The highest BCUT2D eigenvalue weighted by molar-refractivity contribution is 14.1. The molecule has 7 heteroatoms. The van der Waals surface area contributed by atoms with Gasteiger partial charge in [0, 0.05) is 16.7 Å². The van der Waals surface area contributed by atoms with Crippen LogP contribution in [0.25, 0.3) is 0 Å². The molecule has 0 radical (unpaired) electrons. The van der Waals surface area contributed by atoms with Crippen LogP contribution in [0.2, 0.25) is 0 Å². The monoisotopic (exact) mass is 380 g/mol. The molecule has 1 aromatic heterocycles. The maximum Gasteiger partial charge on any atom is 0.352 e. The smallest absolute Gasteiger partial charge is 0.352 e. The van der Waals surface area contributed by atoms with Gasteiger partial charge in [-0.15, -0.1) is 0 Å². The predicted molar refractivity (Wildman–Crippen MR) is 77.7 cm³/mol. The van der Waals surface area contributed by atoms with Crippen LogP contribution in [-0.2, 0) is 4.74 Å². The van der Waals surface area contributed by atoms with Gasteiger partial charge in [-0.2, -0.15) is 4.98 Å². The molecule has 1 saturated heterocycles. The summed E-state index contributed by atoms with van der Waals surface area (Å²) < 4.78 is 13.1. The van der Waals surface area contributed by atoms with Gasteiger partial charge in [0.05, 0.1) is 18.8 Å². The second-order valence-electron chi connectivity index (χ2n) is 4.32. The third-order valence-corrected chi connectivity index (χ3v) is 3.90. The third kappa shape index (κ3) is 3.46. The Morgan fingerprint density at radius 2 is 2.42 bits per heavy atom. The Morgan fingerprint density at radius 1 is 1.63 bits per heavy atom. The molecule has 2 rings (SSSR count). The fourth-order valence-electron chi connectivity index (χ4n) is 2.05. The lowest BCUT2D eigenvalue weighted by Crippen LogP contribution is -2.41. The zero-order valence-electron chi connectivity index (χ0n) is 10.7. The molecule has 0 amide bonds. The molecule has 0 unspecified atom stereocenters. The SMILES string of the molecule is CCOc1ccn([C@H]2CC[C@H](O)[C@@H](CI)O2)c(=O)n1. The fraction of sp³-hybridized carbons (Fsp3) is 0.667. The molecule has 2 heterocycles. The molecule has 0 aromatic carbocycles. The molecule has 6 nitrogen and oxygen atoms in total. The summed E-state index contributed by atoms with van der Waals surface area (Å²) in [5.41, 5.74) is -0.389. The zero-order chi connectivity index (χ0) is 13.8. The van der Waals surface area contributed by atoms with Gasteiger partial charge in [-0.1, -0.05) is 22.6 Å². The molecule has 19 heavy (non-hydrogen) atoms. The van der Waals surface area contributed by atoms with Gasteiger partial charge in [0.15, 0.2) is 0 Å². The van der Waals surface area contributed by atoms with Crippen molar-refractivity contribution in [2.45, 2.75) is 38.2 Å². The van der Waals surface area contributed by atoms with E-state index in [1.165, 1.54) is 4.57 Å². The van der Waals surface area contributed by atoms with Crippen molar-refractivity contribution in [3.05, 3.63) is 22.7 Å². The van der Waals surface area contributed by atoms with Crippen molar-refractivity contribution < 1.29 is 14.6 Å². The molecule has 106 valence electrons. The topological polar surface area (TPSA) is 73.6 Å². The number of aliphatic hydroxyl groups is 1. The van der Waals surface area contributed by atoms with Crippen molar-refractivity contribution in [1.82, 2.24) is 9.55 Å². The first kappa shape index (κ1) is 14.7. The summed E-state index contributed by atoms with van der Waals surface area (Å²) in [6, 6.07) is 1.65. The van der Waals surface area contributed by atoms with Crippen LogP contribution in [0.5, 0.6) is 5.88 Å². The molecule has 0 bridgehead atoms. The van der Waals surface area contributed by atoms with Crippen LogP contribution in [0.1, 0.15) is 26.0 Å². The maximum atomic E-state index is 11.9. The van der Waals surface area contributed by atoms with Crippen molar-refractivity contribution >= 4 is 22.6 Å². The van der Waals surface area contributed by atoms with Crippen molar-refractivity contribution in [1.29, 1.82) is 0 Å². The third-order valence-electron chi connectivity index (χ3n) is 3.03. The summed E-state index contributed by atoms with van der Waals surface area (Å²) >= 11 is 2.17. The lowest BCUT2D eigenvalue weighted by molar-refractivity contribution is -0.135. The lowest BCUT2D eigenvalue weighted by atomic mass is 10.1. The molecule has 3 atom stereocenters. The minimum absolute atomic E-state index is 0.238. The van der Waals surface area contributed by atoms with Crippen molar-refractivity contribution in [3.8, 4) is 5.88 Å². The number of halogens is 1. The van der Waals surface area contributed by atoms with Crippen LogP contribution < -0.4 is 10.4 Å². The molecule has 1 aromatic rings. The summed E-state index contributed by atoms with van der Waals surface area (Å²) in [6.45, 7) is 2.31. The van der Waals surface area contributed by atoms with Gasteiger partial charge in [-0.25, -0.2) is 4.79 Å². The van der Waals surface area contributed by atoms with Crippen LogP contribution in [-0.4, -0.2) is 37.9 Å². The Kier molecular flexibility index (Phi) is 5.17. The van der Waals surface area contributed by atoms with E-state index in [-0.39, 0.29) is 18.0 Å². The molecular weight excluding hydrogens is 363 g/mol. The van der Waals surface area contributed by atoms with Crippen LogP contribution in [0, 0.1) is 0 Å². The van der Waals surface area contributed by atoms with E-state index in [0.29, 0.717) is 29.8 Å². The normalized spacial score (nSPS) is 27.2. The second-order valence-corrected chi connectivity index (χ2v) is 5.20. The first-order chi connectivity index (χ1) is 9.15. The van der Waals surface area contributed by atoms with Crippen molar-refractivity contribution in [2.24, 2.45) is 0 Å². The van der Waals surface area contributed by atoms with Crippen molar-refractivity contribution in [2.75, 3.05) is 11.0 Å². The summed E-state index contributed by atoms with van der Waals surface area (Å²) in [5, 5.41) is 9.76. The van der Waals surface area contributed by atoms with E-state index >= 15 is 0 Å². The Morgan fingerprint density at radius 3 is 3.05 bits per heavy atom. The largest absolute Gasteiger partial charge is 0.478 e. The van der Waals surface area contributed by atoms with Crippen LogP contribution in [0.3, 0.4) is 0 Å². The van der Waals surface area contributed by atoms with Gasteiger partial charge in [0.25, 0.3) is 0 Å². The van der Waals surface area contributed by atoms with Crippen LogP contribution >= 0.6 is 22.6 Å². The highest BCUT2D eigenvalue weighted by Gasteiger charge is 2.30. The predicted octanol–water partition coefficient (Wildman–Crippen LogP) is 1.12. The van der Waals surface area contributed by atoms with E-state index in [9.17, 15) is 9.90 Å². The highest BCUT2D eigenvalue weighted by Crippen LogP contribution is 2.27. The number of nitrogens with zero attached hydrogens (tertiary/aromatic N) is 2. The first-order valence-corrected chi connectivity index (χ1v) is 7.79. The molecule has 0 saturated carbocycles. The quantitative estimate of drug-likeness (QED) is 0.626. The van der Waals surface area contributed by atoms with Gasteiger partial charge >= 0.3 is 5.69 Å². The standard InChI is InChI=1S/C12H17IN2O4/c1-2-18-10-5-6-15(12(17)14-10)11-4-3-8(16)9(7-13)19-11/h5-6,8-9,11,16H,2-4,7H2,1H3/t8-,9+,11+/m0/s1.